The number of hydrogen-bond donors (Lipinski definition) is 1. The van der Waals surface area contributed by atoms with Gasteiger partial charge in [0.1, 0.15) is 6.04 Å². The van der Waals surface area contributed by atoms with Crippen LogP contribution in [0.4, 0.5) is 0 Å². The fourth-order valence-corrected chi connectivity index (χ4v) is 3.56. The van der Waals surface area contributed by atoms with Gasteiger partial charge in [0.25, 0.3) is 0 Å². The van der Waals surface area contributed by atoms with Gasteiger partial charge in [0.2, 0.25) is 11.8 Å². The van der Waals surface area contributed by atoms with Gasteiger partial charge < -0.3 is 10.2 Å². The summed E-state index contributed by atoms with van der Waals surface area (Å²) >= 11 is 12.2. The first-order valence-electron chi connectivity index (χ1n) is 9.70. The molecule has 0 saturated heterocycles. The topological polar surface area (TPSA) is 49.4 Å². The van der Waals surface area contributed by atoms with Crippen LogP contribution in [0.25, 0.3) is 0 Å². The lowest BCUT2D eigenvalue weighted by molar-refractivity contribution is -0.141. The third-order valence-corrected chi connectivity index (χ3v) is 5.02. The number of nitrogens with zero attached hydrogens (tertiary/aromatic N) is 1. The molecule has 0 aliphatic carbocycles. The van der Waals surface area contributed by atoms with Gasteiger partial charge in [0.05, 0.1) is 6.42 Å². The molecular formula is C23H28Cl2N2O2. The molecule has 2 rings (SSSR count). The quantitative estimate of drug-likeness (QED) is 0.645. The maximum Gasteiger partial charge on any atom is 0.243 e. The van der Waals surface area contributed by atoms with E-state index in [-0.39, 0.29) is 23.8 Å². The van der Waals surface area contributed by atoms with E-state index in [1.54, 1.807) is 23.1 Å². The summed E-state index contributed by atoms with van der Waals surface area (Å²) < 4.78 is 0. The SMILES string of the molecule is CC[C@@H](C(=O)NC(C)(C)C)N(Cc1ccccc1)C(=O)Cc1ccc(Cl)cc1Cl. The fraction of sp³-hybridized carbons (Fsp3) is 0.391. The minimum Gasteiger partial charge on any atom is -0.350 e. The Bertz CT molecular complexity index is 848. The van der Waals surface area contributed by atoms with Crippen LogP contribution in [0.2, 0.25) is 10.0 Å². The van der Waals surface area contributed by atoms with Gasteiger partial charge in [-0.25, -0.2) is 0 Å². The van der Waals surface area contributed by atoms with Crippen molar-refractivity contribution in [1.29, 1.82) is 0 Å². The summed E-state index contributed by atoms with van der Waals surface area (Å²) in [6.07, 6.45) is 0.608. The van der Waals surface area contributed by atoms with Crippen LogP contribution in [0.3, 0.4) is 0 Å². The zero-order chi connectivity index (χ0) is 21.6. The normalized spacial score (nSPS) is 12.3. The minimum absolute atomic E-state index is 0.0993. The Hall–Kier alpha value is -2.04. The highest BCUT2D eigenvalue weighted by Gasteiger charge is 2.30. The summed E-state index contributed by atoms with van der Waals surface area (Å²) in [7, 11) is 0. The van der Waals surface area contributed by atoms with Crippen LogP contribution in [0.1, 0.15) is 45.2 Å². The highest BCUT2D eigenvalue weighted by molar-refractivity contribution is 6.35. The Morgan fingerprint density at radius 2 is 1.72 bits per heavy atom. The van der Waals surface area contributed by atoms with Crippen LogP contribution < -0.4 is 5.32 Å². The van der Waals surface area contributed by atoms with Crippen molar-refractivity contribution in [2.45, 2.75) is 58.7 Å². The third-order valence-electron chi connectivity index (χ3n) is 4.44. The van der Waals surface area contributed by atoms with Crippen molar-refractivity contribution >= 4 is 35.0 Å². The summed E-state index contributed by atoms with van der Waals surface area (Å²) in [5, 5.41) is 3.96. The van der Waals surface area contributed by atoms with E-state index in [4.69, 9.17) is 23.2 Å². The lowest BCUT2D eigenvalue weighted by atomic mass is 10.0. The number of carbonyl (C=O) groups excluding carboxylic acids is 2. The molecule has 1 N–H and O–H groups in total. The highest BCUT2D eigenvalue weighted by atomic mass is 35.5. The maximum absolute atomic E-state index is 13.3. The summed E-state index contributed by atoms with van der Waals surface area (Å²) in [5.41, 5.74) is 1.26. The number of halogens is 2. The number of amides is 2. The first kappa shape index (κ1) is 23.2. The molecule has 0 fully saturated rings. The molecule has 0 aliphatic rings. The van der Waals surface area contributed by atoms with Crippen LogP contribution >= 0.6 is 23.2 Å². The predicted octanol–water partition coefficient (Wildman–Crippen LogP) is 5.26. The molecule has 6 heteroatoms. The van der Waals surface area contributed by atoms with Crippen molar-refractivity contribution in [2.24, 2.45) is 0 Å². The van der Waals surface area contributed by atoms with E-state index in [0.717, 1.165) is 5.56 Å². The van der Waals surface area contributed by atoms with Crippen molar-refractivity contribution in [2.75, 3.05) is 0 Å². The molecule has 0 saturated carbocycles. The molecule has 0 heterocycles. The van der Waals surface area contributed by atoms with E-state index in [0.29, 0.717) is 28.6 Å². The number of nitrogens with one attached hydrogen (secondary N) is 1. The summed E-state index contributed by atoms with van der Waals surface area (Å²) in [4.78, 5) is 27.9. The van der Waals surface area contributed by atoms with E-state index in [1.807, 2.05) is 58.0 Å². The third kappa shape index (κ3) is 7.06. The lowest BCUT2D eigenvalue weighted by Gasteiger charge is -2.33. The number of benzene rings is 2. The number of rotatable bonds is 7. The van der Waals surface area contributed by atoms with E-state index in [9.17, 15) is 9.59 Å². The Morgan fingerprint density at radius 1 is 1.07 bits per heavy atom. The molecule has 2 amide bonds. The van der Waals surface area contributed by atoms with Crippen molar-refractivity contribution < 1.29 is 9.59 Å². The fourth-order valence-electron chi connectivity index (χ4n) is 3.08. The van der Waals surface area contributed by atoms with Crippen LogP contribution in [-0.2, 0) is 22.6 Å². The van der Waals surface area contributed by atoms with E-state index >= 15 is 0 Å². The number of carbonyl (C=O) groups is 2. The molecule has 0 radical (unpaired) electrons. The second-order valence-corrected chi connectivity index (χ2v) is 8.93. The molecule has 156 valence electrons. The van der Waals surface area contributed by atoms with Gasteiger partial charge in [-0.2, -0.15) is 0 Å². The molecule has 0 spiro atoms. The van der Waals surface area contributed by atoms with Crippen LogP contribution in [0, 0.1) is 0 Å². The smallest absolute Gasteiger partial charge is 0.243 e. The largest absolute Gasteiger partial charge is 0.350 e. The van der Waals surface area contributed by atoms with Gasteiger partial charge in [0, 0.05) is 22.1 Å². The minimum atomic E-state index is -0.576. The maximum atomic E-state index is 13.3. The molecule has 0 aliphatic heterocycles. The van der Waals surface area contributed by atoms with Gasteiger partial charge in [-0.3, -0.25) is 9.59 Å². The Labute approximate surface area is 183 Å². The van der Waals surface area contributed by atoms with E-state index in [1.165, 1.54) is 0 Å². The van der Waals surface area contributed by atoms with Gasteiger partial charge in [-0.05, 0) is 50.5 Å². The first-order valence-corrected chi connectivity index (χ1v) is 10.5. The lowest BCUT2D eigenvalue weighted by Crippen LogP contribution is -2.53. The molecule has 0 aromatic heterocycles. The average Bonchev–Trinajstić information content (AvgIpc) is 2.63. The van der Waals surface area contributed by atoms with Gasteiger partial charge >= 0.3 is 0 Å². The highest BCUT2D eigenvalue weighted by Crippen LogP contribution is 2.23. The van der Waals surface area contributed by atoms with Gasteiger partial charge in [0.15, 0.2) is 0 Å². The van der Waals surface area contributed by atoms with Crippen LogP contribution in [0.15, 0.2) is 48.5 Å². The van der Waals surface area contributed by atoms with Crippen LogP contribution in [0.5, 0.6) is 0 Å². The zero-order valence-electron chi connectivity index (χ0n) is 17.3. The summed E-state index contributed by atoms with van der Waals surface area (Å²) in [5.74, 6) is -0.319. The molecule has 4 nitrogen and oxygen atoms in total. The average molecular weight is 435 g/mol. The molecule has 2 aromatic rings. The second kappa shape index (κ2) is 10.1. The Morgan fingerprint density at radius 3 is 2.28 bits per heavy atom. The molecule has 29 heavy (non-hydrogen) atoms. The number of hydrogen-bond acceptors (Lipinski definition) is 2. The summed E-state index contributed by atoms with van der Waals surface area (Å²) in [6.45, 7) is 8.03. The Kier molecular flexibility index (Phi) is 8.12. The van der Waals surface area contributed by atoms with E-state index < -0.39 is 6.04 Å². The van der Waals surface area contributed by atoms with Gasteiger partial charge in [-0.15, -0.1) is 0 Å². The summed E-state index contributed by atoms with van der Waals surface area (Å²) in [6, 6.07) is 14.2. The Balaban J connectivity index is 2.32. The first-order chi connectivity index (χ1) is 13.6. The van der Waals surface area contributed by atoms with Crippen molar-refractivity contribution in [3.63, 3.8) is 0 Å². The van der Waals surface area contributed by atoms with Gasteiger partial charge in [-0.1, -0.05) is 66.5 Å². The zero-order valence-corrected chi connectivity index (χ0v) is 18.8. The standard InChI is InChI=1S/C23H28Cl2N2O2/c1-5-20(22(29)26-23(2,3)4)27(15-16-9-7-6-8-10-16)21(28)13-17-11-12-18(24)14-19(17)25/h6-12,14,20H,5,13,15H2,1-4H3,(H,26,29)/t20-/m0/s1. The van der Waals surface area contributed by atoms with E-state index in [2.05, 4.69) is 5.32 Å². The second-order valence-electron chi connectivity index (χ2n) is 8.08. The molecule has 0 bridgehead atoms. The van der Waals surface area contributed by atoms with Crippen LogP contribution in [-0.4, -0.2) is 28.3 Å². The monoisotopic (exact) mass is 434 g/mol. The molecule has 1 atom stereocenters. The van der Waals surface area contributed by atoms with Crippen molar-refractivity contribution in [1.82, 2.24) is 10.2 Å². The van der Waals surface area contributed by atoms with Crippen molar-refractivity contribution in [3.05, 3.63) is 69.7 Å². The molecule has 0 unspecified atom stereocenters. The predicted molar refractivity (Wildman–Crippen MR) is 119 cm³/mol. The molecule has 2 aromatic carbocycles. The van der Waals surface area contributed by atoms with Crippen molar-refractivity contribution in [3.8, 4) is 0 Å². The molecular weight excluding hydrogens is 407 g/mol.